The van der Waals surface area contributed by atoms with Gasteiger partial charge in [0, 0.05) is 13.1 Å². The summed E-state index contributed by atoms with van der Waals surface area (Å²) in [6.45, 7) is 5.89. The average Bonchev–Trinajstić information content (AvgIpc) is 3.22. The number of hydrogen-bond acceptors (Lipinski definition) is 4. The number of halogens is 1. The van der Waals surface area contributed by atoms with Crippen molar-refractivity contribution in [2.45, 2.75) is 44.7 Å². The minimum Gasteiger partial charge on any atom is -0.354 e. The molecule has 3 N–H and O–H groups in total. The van der Waals surface area contributed by atoms with Crippen molar-refractivity contribution in [1.82, 2.24) is 20.9 Å². The van der Waals surface area contributed by atoms with Crippen LogP contribution < -0.4 is 16.0 Å². The Balaban J connectivity index is 0.00000280. The van der Waals surface area contributed by atoms with Crippen LogP contribution in [0, 0.1) is 5.92 Å². The van der Waals surface area contributed by atoms with Gasteiger partial charge in [-0.1, -0.05) is 30.3 Å². The van der Waals surface area contributed by atoms with Crippen LogP contribution in [0.15, 0.2) is 30.3 Å². The van der Waals surface area contributed by atoms with Crippen LogP contribution in [0.1, 0.15) is 44.2 Å². The van der Waals surface area contributed by atoms with Gasteiger partial charge >= 0.3 is 0 Å². The highest BCUT2D eigenvalue weighted by Crippen LogP contribution is 2.16. The van der Waals surface area contributed by atoms with E-state index in [2.05, 4.69) is 20.9 Å². The lowest BCUT2D eigenvalue weighted by molar-refractivity contribution is -0.124. The van der Waals surface area contributed by atoms with Crippen molar-refractivity contribution in [3.63, 3.8) is 0 Å². The lowest BCUT2D eigenvalue weighted by Gasteiger charge is -2.32. The van der Waals surface area contributed by atoms with Crippen LogP contribution in [0.3, 0.4) is 0 Å². The highest BCUT2D eigenvalue weighted by molar-refractivity contribution is 5.85. The minimum atomic E-state index is -0.0186. The van der Waals surface area contributed by atoms with Gasteiger partial charge in [0.05, 0.1) is 18.6 Å². The molecule has 2 saturated heterocycles. The summed E-state index contributed by atoms with van der Waals surface area (Å²) in [5.41, 5.74) is 1.12. The fourth-order valence-corrected chi connectivity index (χ4v) is 4.05. The third-order valence-electron chi connectivity index (χ3n) is 5.59. The maximum absolute atomic E-state index is 12.4. The molecule has 2 fully saturated rings. The molecule has 0 saturated carbocycles. The second kappa shape index (κ2) is 11.4. The van der Waals surface area contributed by atoms with E-state index in [4.69, 9.17) is 0 Å². The summed E-state index contributed by atoms with van der Waals surface area (Å²) in [5.74, 6) is 0.605. The standard InChI is InChI=1S/C21H32N4O2.ClH/c1-16(18-8-3-2-4-9-18)24-20(26)15-25-12-6-7-17(14-25)13-23-21(27)19-10-5-11-22-19;/h2-4,8-9,16-17,19,22H,5-7,10-15H2,1H3,(H,23,27)(H,24,26);1H. The number of rotatable bonds is 7. The lowest BCUT2D eigenvalue weighted by Crippen LogP contribution is -2.47. The molecule has 0 radical (unpaired) electrons. The second-order valence-corrected chi connectivity index (χ2v) is 7.84. The van der Waals surface area contributed by atoms with Gasteiger partial charge in [0.15, 0.2) is 0 Å². The Hall–Kier alpha value is -1.63. The molecule has 2 aliphatic heterocycles. The zero-order valence-corrected chi connectivity index (χ0v) is 17.5. The Morgan fingerprint density at radius 2 is 2.00 bits per heavy atom. The van der Waals surface area contributed by atoms with Crippen molar-refractivity contribution in [1.29, 1.82) is 0 Å². The van der Waals surface area contributed by atoms with Gasteiger partial charge < -0.3 is 16.0 Å². The number of piperidine rings is 1. The van der Waals surface area contributed by atoms with E-state index < -0.39 is 0 Å². The largest absolute Gasteiger partial charge is 0.354 e. The van der Waals surface area contributed by atoms with Gasteiger partial charge in [-0.15, -0.1) is 12.4 Å². The molecule has 7 heteroatoms. The number of carbonyl (C=O) groups excluding carboxylic acids is 2. The normalized spacial score (nSPS) is 23.5. The van der Waals surface area contributed by atoms with Gasteiger partial charge in [-0.2, -0.15) is 0 Å². The summed E-state index contributed by atoms with van der Waals surface area (Å²) in [4.78, 5) is 26.8. The first kappa shape index (κ1) is 22.7. The first-order chi connectivity index (χ1) is 13.1. The Morgan fingerprint density at radius 3 is 2.71 bits per heavy atom. The van der Waals surface area contributed by atoms with Crippen LogP contribution in [-0.4, -0.2) is 55.5 Å². The molecule has 156 valence electrons. The maximum Gasteiger partial charge on any atom is 0.237 e. The van der Waals surface area contributed by atoms with Crippen molar-refractivity contribution >= 4 is 24.2 Å². The Kier molecular flexibility index (Phi) is 9.22. The Bertz CT molecular complexity index is 622. The predicted molar refractivity (Wildman–Crippen MR) is 113 cm³/mol. The highest BCUT2D eigenvalue weighted by atomic mass is 35.5. The molecule has 2 amide bonds. The van der Waals surface area contributed by atoms with Crippen LogP contribution in [0.2, 0.25) is 0 Å². The quantitative estimate of drug-likeness (QED) is 0.644. The molecule has 3 atom stereocenters. The van der Waals surface area contributed by atoms with Crippen molar-refractivity contribution < 1.29 is 9.59 Å². The smallest absolute Gasteiger partial charge is 0.237 e. The second-order valence-electron chi connectivity index (χ2n) is 7.84. The third-order valence-corrected chi connectivity index (χ3v) is 5.59. The van der Waals surface area contributed by atoms with Crippen LogP contribution in [0.5, 0.6) is 0 Å². The van der Waals surface area contributed by atoms with Crippen LogP contribution in [0.25, 0.3) is 0 Å². The number of nitrogens with one attached hydrogen (secondary N) is 3. The molecule has 28 heavy (non-hydrogen) atoms. The molecule has 0 spiro atoms. The number of carbonyl (C=O) groups is 2. The van der Waals surface area contributed by atoms with E-state index in [9.17, 15) is 9.59 Å². The SMILES string of the molecule is CC(NC(=O)CN1CCCC(CNC(=O)C2CCCN2)C1)c1ccccc1.Cl. The fraction of sp³-hybridized carbons (Fsp3) is 0.619. The van der Waals surface area contributed by atoms with Gasteiger partial charge in [-0.3, -0.25) is 14.5 Å². The number of benzene rings is 1. The van der Waals surface area contributed by atoms with E-state index in [1.807, 2.05) is 37.3 Å². The van der Waals surface area contributed by atoms with Gasteiger partial charge in [0.25, 0.3) is 0 Å². The maximum atomic E-state index is 12.4. The summed E-state index contributed by atoms with van der Waals surface area (Å²) in [5, 5.41) is 9.42. The van der Waals surface area contributed by atoms with E-state index in [0.717, 1.165) is 50.9 Å². The summed E-state index contributed by atoms with van der Waals surface area (Å²) in [7, 11) is 0. The number of amides is 2. The molecule has 1 aromatic rings. The molecule has 0 aliphatic carbocycles. The van der Waals surface area contributed by atoms with Crippen molar-refractivity contribution in [2.24, 2.45) is 5.92 Å². The Morgan fingerprint density at radius 1 is 1.21 bits per heavy atom. The van der Waals surface area contributed by atoms with Gasteiger partial charge in [-0.25, -0.2) is 0 Å². The highest BCUT2D eigenvalue weighted by Gasteiger charge is 2.25. The van der Waals surface area contributed by atoms with Crippen LogP contribution in [-0.2, 0) is 9.59 Å². The zero-order valence-electron chi connectivity index (χ0n) is 16.7. The summed E-state index contributed by atoms with van der Waals surface area (Å²) >= 11 is 0. The van der Waals surface area contributed by atoms with Crippen molar-refractivity contribution in [3.05, 3.63) is 35.9 Å². The molecule has 2 heterocycles. The van der Waals surface area contributed by atoms with E-state index in [1.54, 1.807) is 0 Å². The first-order valence-electron chi connectivity index (χ1n) is 10.2. The van der Waals surface area contributed by atoms with E-state index in [1.165, 1.54) is 0 Å². The fourth-order valence-electron chi connectivity index (χ4n) is 4.05. The summed E-state index contributed by atoms with van der Waals surface area (Å²) in [6.07, 6.45) is 4.19. The molecule has 0 bridgehead atoms. The molecular weight excluding hydrogens is 376 g/mol. The summed E-state index contributed by atoms with van der Waals surface area (Å²) in [6, 6.07) is 10.0. The van der Waals surface area contributed by atoms with E-state index in [-0.39, 0.29) is 36.3 Å². The van der Waals surface area contributed by atoms with E-state index >= 15 is 0 Å². The first-order valence-corrected chi connectivity index (χ1v) is 10.2. The van der Waals surface area contributed by atoms with Gasteiger partial charge in [0.1, 0.15) is 0 Å². The number of hydrogen-bond donors (Lipinski definition) is 3. The van der Waals surface area contributed by atoms with E-state index in [0.29, 0.717) is 19.0 Å². The molecule has 6 nitrogen and oxygen atoms in total. The molecular formula is C21H33ClN4O2. The predicted octanol–water partition coefficient (Wildman–Crippen LogP) is 1.87. The number of nitrogens with zero attached hydrogens (tertiary/aromatic N) is 1. The van der Waals surface area contributed by atoms with Crippen LogP contribution in [0.4, 0.5) is 0 Å². The van der Waals surface area contributed by atoms with Gasteiger partial charge in [0.2, 0.25) is 11.8 Å². The lowest BCUT2D eigenvalue weighted by atomic mass is 9.97. The molecule has 2 aliphatic rings. The van der Waals surface area contributed by atoms with Gasteiger partial charge in [-0.05, 0) is 57.2 Å². The molecule has 0 aromatic heterocycles. The van der Waals surface area contributed by atoms with Crippen molar-refractivity contribution in [3.8, 4) is 0 Å². The number of likely N-dealkylation sites (tertiary alicyclic amines) is 1. The summed E-state index contributed by atoms with van der Waals surface area (Å²) < 4.78 is 0. The molecule has 3 rings (SSSR count). The monoisotopic (exact) mass is 408 g/mol. The third kappa shape index (κ3) is 6.76. The molecule has 3 unspecified atom stereocenters. The molecule has 1 aromatic carbocycles. The van der Waals surface area contributed by atoms with Crippen LogP contribution >= 0.6 is 12.4 Å². The Labute approximate surface area is 174 Å². The zero-order chi connectivity index (χ0) is 19.1. The average molecular weight is 409 g/mol. The topological polar surface area (TPSA) is 73.5 Å². The van der Waals surface area contributed by atoms with Crippen molar-refractivity contribution in [2.75, 3.05) is 32.7 Å². The minimum absolute atomic E-state index is 0.